The average molecular weight is 285 g/mol. The van der Waals surface area contributed by atoms with Gasteiger partial charge < -0.3 is 16.4 Å². The summed E-state index contributed by atoms with van der Waals surface area (Å²) in [7, 11) is 0. The van der Waals surface area contributed by atoms with Crippen molar-refractivity contribution in [3.05, 3.63) is 42.1 Å². The van der Waals surface area contributed by atoms with Crippen LogP contribution in [0.4, 0.5) is 11.5 Å². The number of carbonyl (C=O) groups excluding carboxylic acids is 1. The van der Waals surface area contributed by atoms with Crippen LogP contribution in [0.25, 0.3) is 0 Å². The summed E-state index contributed by atoms with van der Waals surface area (Å²) in [4.78, 5) is 13.4. The van der Waals surface area contributed by atoms with Crippen LogP contribution in [0.2, 0.25) is 0 Å². The largest absolute Gasteiger partial charge is 0.382 e. The van der Waals surface area contributed by atoms with Gasteiger partial charge in [0.05, 0.1) is 6.04 Å². The highest BCUT2D eigenvalue weighted by Crippen LogP contribution is 2.26. The first kappa shape index (κ1) is 13.5. The lowest BCUT2D eigenvalue weighted by molar-refractivity contribution is 0.100. The zero-order chi connectivity index (χ0) is 14.8. The number of nitrogens with zero attached hydrogens (tertiary/aromatic N) is 3. The van der Waals surface area contributed by atoms with Crippen LogP contribution in [0.1, 0.15) is 29.2 Å². The van der Waals surface area contributed by atoms with Gasteiger partial charge in [0.25, 0.3) is 0 Å². The van der Waals surface area contributed by atoms with Gasteiger partial charge in [-0.15, -0.1) is 0 Å². The predicted molar refractivity (Wildman–Crippen MR) is 82.1 cm³/mol. The Morgan fingerprint density at radius 2 is 1.81 bits per heavy atom. The summed E-state index contributed by atoms with van der Waals surface area (Å²) < 4.78 is 1.96. The highest BCUT2D eigenvalue weighted by Gasteiger charge is 2.21. The summed E-state index contributed by atoms with van der Waals surface area (Å²) in [5.41, 5.74) is 12.6. The molecule has 1 aliphatic rings. The monoisotopic (exact) mass is 285 g/mol. The summed E-state index contributed by atoms with van der Waals surface area (Å²) in [6.45, 7) is 1.92. The van der Waals surface area contributed by atoms with Gasteiger partial charge in [-0.2, -0.15) is 5.10 Å². The molecular weight excluding hydrogens is 266 g/mol. The second-order valence-corrected chi connectivity index (χ2v) is 5.35. The van der Waals surface area contributed by atoms with E-state index >= 15 is 0 Å². The molecule has 0 unspecified atom stereocenters. The molecule has 0 bridgehead atoms. The third-order valence-electron chi connectivity index (χ3n) is 3.98. The lowest BCUT2D eigenvalue weighted by Gasteiger charge is -2.33. The number of primary amides is 1. The van der Waals surface area contributed by atoms with Crippen LogP contribution >= 0.6 is 0 Å². The second kappa shape index (κ2) is 5.47. The summed E-state index contributed by atoms with van der Waals surface area (Å²) in [5.74, 6) is 0.177. The number of amides is 1. The van der Waals surface area contributed by atoms with E-state index in [0.29, 0.717) is 17.4 Å². The van der Waals surface area contributed by atoms with E-state index in [-0.39, 0.29) is 0 Å². The van der Waals surface area contributed by atoms with E-state index in [9.17, 15) is 4.79 Å². The van der Waals surface area contributed by atoms with Crippen molar-refractivity contribution in [2.45, 2.75) is 18.9 Å². The van der Waals surface area contributed by atoms with Gasteiger partial charge in [0.15, 0.2) is 0 Å². The Balaban J connectivity index is 1.64. The average Bonchev–Trinajstić information content (AvgIpc) is 2.94. The normalized spacial score (nSPS) is 16.1. The first-order chi connectivity index (χ1) is 10.1. The molecule has 1 aromatic carbocycles. The fourth-order valence-electron chi connectivity index (χ4n) is 2.78. The van der Waals surface area contributed by atoms with E-state index < -0.39 is 5.91 Å². The summed E-state index contributed by atoms with van der Waals surface area (Å²) in [6.07, 6.45) is 3.99. The van der Waals surface area contributed by atoms with Crippen LogP contribution in [0.3, 0.4) is 0 Å². The SMILES string of the molecule is NC(=O)c1ccc(N2CCC(n3ccc(N)n3)CC2)cc1. The maximum Gasteiger partial charge on any atom is 0.248 e. The number of hydrogen-bond donors (Lipinski definition) is 2. The van der Waals surface area contributed by atoms with Crippen molar-refractivity contribution in [2.75, 3.05) is 23.7 Å². The molecule has 1 fully saturated rings. The van der Waals surface area contributed by atoms with E-state index in [0.717, 1.165) is 31.6 Å². The van der Waals surface area contributed by atoms with E-state index in [1.54, 1.807) is 12.1 Å². The predicted octanol–water partition coefficient (Wildman–Crippen LogP) is 1.41. The van der Waals surface area contributed by atoms with Gasteiger partial charge in [-0.1, -0.05) is 0 Å². The van der Waals surface area contributed by atoms with E-state index in [1.807, 2.05) is 29.1 Å². The Morgan fingerprint density at radius 3 is 2.33 bits per heavy atom. The highest BCUT2D eigenvalue weighted by atomic mass is 16.1. The number of rotatable bonds is 3. The van der Waals surface area contributed by atoms with E-state index in [4.69, 9.17) is 11.5 Å². The fraction of sp³-hybridized carbons (Fsp3) is 0.333. The summed E-state index contributed by atoms with van der Waals surface area (Å²) in [6, 6.07) is 9.69. The quantitative estimate of drug-likeness (QED) is 0.892. The van der Waals surface area contributed by atoms with Crippen LogP contribution < -0.4 is 16.4 Å². The molecule has 1 aromatic heterocycles. The standard InChI is InChI=1S/C15H19N5O/c16-14-7-10-20(18-14)13-5-8-19(9-6-13)12-3-1-11(2-4-12)15(17)21/h1-4,7,10,13H,5-6,8-9H2,(H2,16,18)(H2,17,21). The smallest absolute Gasteiger partial charge is 0.248 e. The number of nitrogens with two attached hydrogens (primary N) is 2. The van der Waals surface area contributed by atoms with Crippen molar-refractivity contribution in [1.82, 2.24) is 9.78 Å². The van der Waals surface area contributed by atoms with Crippen LogP contribution in [0.15, 0.2) is 36.5 Å². The molecule has 21 heavy (non-hydrogen) atoms. The number of hydrogen-bond acceptors (Lipinski definition) is 4. The number of aromatic nitrogens is 2. The first-order valence-corrected chi connectivity index (χ1v) is 7.09. The zero-order valence-corrected chi connectivity index (χ0v) is 11.8. The van der Waals surface area contributed by atoms with Gasteiger partial charge in [0.2, 0.25) is 5.91 Å². The van der Waals surface area contributed by atoms with Crippen molar-refractivity contribution in [2.24, 2.45) is 5.73 Å². The maximum atomic E-state index is 11.1. The summed E-state index contributed by atoms with van der Waals surface area (Å²) in [5, 5.41) is 4.29. The van der Waals surface area contributed by atoms with Gasteiger partial charge in [-0.3, -0.25) is 9.48 Å². The van der Waals surface area contributed by atoms with Gasteiger partial charge >= 0.3 is 0 Å². The molecule has 6 heteroatoms. The van der Waals surface area contributed by atoms with Crippen LogP contribution in [0, 0.1) is 0 Å². The molecule has 6 nitrogen and oxygen atoms in total. The Kier molecular flexibility index (Phi) is 3.51. The first-order valence-electron chi connectivity index (χ1n) is 7.09. The van der Waals surface area contributed by atoms with E-state index in [2.05, 4.69) is 10.00 Å². The Morgan fingerprint density at radius 1 is 1.14 bits per heavy atom. The van der Waals surface area contributed by atoms with Crippen molar-refractivity contribution >= 4 is 17.4 Å². The third-order valence-corrected chi connectivity index (χ3v) is 3.98. The molecule has 0 atom stereocenters. The molecule has 3 rings (SSSR count). The molecule has 0 saturated carbocycles. The minimum atomic E-state index is -0.392. The van der Waals surface area contributed by atoms with Crippen molar-refractivity contribution in [3.8, 4) is 0 Å². The molecule has 1 saturated heterocycles. The number of carbonyl (C=O) groups is 1. The fourth-order valence-corrected chi connectivity index (χ4v) is 2.78. The van der Waals surface area contributed by atoms with Gasteiger partial charge in [-0.25, -0.2) is 0 Å². The lowest BCUT2D eigenvalue weighted by atomic mass is 10.0. The van der Waals surface area contributed by atoms with Gasteiger partial charge in [-0.05, 0) is 43.2 Å². The molecule has 0 aliphatic carbocycles. The second-order valence-electron chi connectivity index (χ2n) is 5.35. The molecule has 1 aliphatic heterocycles. The number of benzene rings is 1. The molecule has 0 radical (unpaired) electrons. The lowest BCUT2D eigenvalue weighted by Crippen LogP contribution is -2.34. The zero-order valence-electron chi connectivity index (χ0n) is 11.8. The molecule has 2 heterocycles. The van der Waals surface area contributed by atoms with Crippen LogP contribution in [-0.4, -0.2) is 28.8 Å². The van der Waals surface area contributed by atoms with Crippen LogP contribution in [0.5, 0.6) is 0 Å². The topological polar surface area (TPSA) is 90.2 Å². The Labute approximate surface area is 123 Å². The summed E-state index contributed by atoms with van der Waals surface area (Å²) >= 11 is 0. The van der Waals surface area contributed by atoms with E-state index in [1.165, 1.54) is 0 Å². The molecule has 110 valence electrons. The third kappa shape index (κ3) is 2.84. The number of nitrogen functional groups attached to an aromatic ring is 1. The minimum Gasteiger partial charge on any atom is -0.382 e. The highest BCUT2D eigenvalue weighted by molar-refractivity contribution is 5.93. The van der Waals surface area contributed by atoms with Crippen molar-refractivity contribution < 1.29 is 4.79 Å². The Bertz CT molecular complexity index is 626. The van der Waals surface area contributed by atoms with Crippen molar-refractivity contribution in [3.63, 3.8) is 0 Å². The van der Waals surface area contributed by atoms with Gasteiger partial charge in [0, 0.05) is 30.5 Å². The van der Waals surface area contributed by atoms with Gasteiger partial charge in [0.1, 0.15) is 5.82 Å². The molecule has 0 spiro atoms. The minimum absolute atomic E-state index is 0.392. The Hall–Kier alpha value is -2.50. The molecule has 1 amide bonds. The van der Waals surface area contributed by atoms with Crippen LogP contribution in [-0.2, 0) is 0 Å². The molecular formula is C15H19N5O. The number of anilines is 2. The molecule has 2 aromatic rings. The van der Waals surface area contributed by atoms with Crippen molar-refractivity contribution in [1.29, 1.82) is 0 Å². The maximum absolute atomic E-state index is 11.1. The number of piperidine rings is 1. The molecule has 4 N–H and O–H groups in total.